The number of nitrogens with zero attached hydrogens (tertiary/aromatic N) is 2. The molecule has 21 heavy (non-hydrogen) atoms. The maximum absolute atomic E-state index is 11.6. The van der Waals surface area contributed by atoms with Gasteiger partial charge in [0.05, 0.1) is 5.69 Å². The first-order valence-electron chi connectivity index (χ1n) is 6.43. The predicted molar refractivity (Wildman–Crippen MR) is 79.1 cm³/mol. The van der Waals surface area contributed by atoms with E-state index in [1.807, 2.05) is 42.5 Å². The van der Waals surface area contributed by atoms with Crippen LogP contribution in [0.15, 0.2) is 59.4 Å². The highest BCUT2D eigenvalue weighted by molar-refractivity contribution is 5.95. The second-order valence-electron chi connectivity index (χ2n) is 4.63. The Bertz CT molecular complexity index is 879. The number of hydrogen-bond acceptors (Lipinski definition) is 3. The Balaban J connectivity index is 2.19. The summed E-state index contributed by atoms with van der Waals surface area (Å²) in [4.78, 5) is 22.4. The van der Waals surface area contributed by atoms with Gasteiger partial charge in [-0.25, -0.2) is 4.68 Å². The number of aliphatic carboxylic acids is 1. The van der Waals surface area contributed by atoms with E-state index in [4.69, 9.17) is 5.11 Å². The van der Waals surface area contributed by atoms with E-state index in [0.717, 1.165) is 21.0 Å². The molecule has 0 fully saturated rings. The second-order valence-corrected chi connectivity index (χ2v) is 4.63. The van der Waals surface area contributed by atoms with E-state index < -0.39 is 18.1 Å². The molecule has 0 bridgehead atoms. The van der Waals surface area contributed by atoms with Gasteiger partial charge in [-0.3, -0.25) is 9.59 Å². The van der Waals surface area contributed by atoms with Gasteiger partial charge in [0, 0.05) is 11.6 Å². The predicted octanol–water partition coefficient (Wildman–Crippen LogP) is 2.15. The molecule has 0 aliphatic carbocycles. The molecular weight excluding hydrogens is 268 g/mol. The zero-order chi connectivity index (χ0) is 14.8. The van der Waals surface area contributed by atoms with E-state index >= 15 is 0 Å². The lowest BCUT2D eigenvalue weighted by Crippen LogP contribution is -2.26. The fourth-order valence-corrected chi connectivity index (χ4v) is 2.28. The number of rotatable bonds is 3. The monoisotopic (exact) mass is 280 g/mol. The highest BCUT2D eigenvalue weighted by Crippen LogP contribution is 2.26. The molecule has 104 valence electrons. The van der Waals surface area contributed by atoms with Gasteiger partial charge in [0.25, 0.3) is 5.56 Å². The van der Waals surface area contributed by atoms with Crippen molar-refractivity contribution in [2.75, 3.05) is 0 Å². The zero-order valence-electron chi connectivity index (χ0n) is 11.1. The first kappa shape index (κ1) is 13.1. The molecule has 1 aromatic heterocycles. The van der Waals surface area contributed by atoms with E-state index in [0.29, 0.717) is 5.69 Å². The summed E-state index contributed by atoms with van der Waals surface area (Å²) >= 11 is 0. The van der Waals surface area contributed by atoms with Crippen LogP contribution in [0.3, 0.4) is 0 Å². The Morgan fingerprint density at radius 1 is 1.05 bits per heavy atom. The molecule has 0 amide bonds. The molecule has 5 heteroatoms. The van der Waals surface area contributed by atoms with Crippen LogP contribution in [0, 0.1) is 0 Å². The van der Waals surface area contributed by atoms with Gasteiger partial charge >= 0.3 is 5.97 Å². The van der Waals surface area contributed by atoms with Crippen molar-refractivity contribution in [3.05, 3.63) is 65.0 Å². The fourth-order valence-electron chi connectivity index (χ4n) is 2.28. The Morgan fingerprint density at radius 3 is 2.62 bits per heavy atom. The normalized spacial score (nSPS) is 10.7. The maximum atomic E-state index is 11.6. The Labute approximate surface area is 120 Å². The number of carboxylic acids is 1. The molecule has 0 unspecified atom stereocenters. The third-order valence-corrected chi connectivity index (χ3v) is 3.22. The van der Waals surface area contributed by atoms with Crippen LogP contribution in [-0.2, 0) is 11.3 Å². The van der Waals surface area contributed by atoms with Gasteiger partial charge in [0.1, 0.15) is 6.54 Å². The van der Waals surface area contributed by atoms with Crippen molar-refractivity contribution in [2.45, 2.75) is 6.54 Å². The van der Waals surface area contributed by atoms with Gasteiger partial charge in [0.15, 0.2) is 0 Å². The minimum Gasteiger partial charge on any atom is -0.480 e. The van der Waals surface area contributed by atoms with Gasteiger partial charge in [-0.1, -0.05) is 42.5 Å². The Morgan fingerprint density at radius 2 is 1.81 bits per heavy atom. The number of hydrogen-bond donors (Lipinski definition) is 1. The van der Waals surface area contributed by atoms with Crippen LogP contribution < -0.4 is 5.56 Å². The van der Waals surface area contributed by atoms with Crippen molar-refractivity contribution in [2.24, 2.45) is 0 Å². The van der Waals surface area contributed by atoms with Crippen LogP contribution in [0.1, 0.15) is 0 Å². The van der Waals surface area contributed by atoms with E-state index in [1.54, 1.807) is 6.07 Å². The van der Waals surface area contributed by atoms with Crippen molar-refractivity contribution in [3.63, 3.8) is 0 Å². The number of aromatic nitrogens is 2. The molecular formula is C16H12N2O3. The second kappa shape index (κ2) is 5.20. The molecule has 3 rings (SSSR count). The van der Waals surface area contributed by atoms with Crippen molar-refractivity contribution in [1.29, 1.82) is 0 Å². The molecule has 0 radical (unpaired) electrons. The summed E-state index contributed by atoms with van der Waals surface area (Å²) in [7, 11) is 0. The van der Waals surface area contributed by atoms with Crippen molar-refractivity contribution in [3.8, 4) is 11.3 Å². The molecule has 0 saturated carbocycles. The molecule has 1 N–H and O–H groups in total. The summed E-state index contributed by atoms with van der Waals surface area (Å²) in [5.41, 5.74) is 1.02. The van der Waals surface area contributed by atoms with Crippen molar-refractivity contribution < 1.29 is 9.90 Å². The van der Waals surface area contributed by atoms with Crippen LogP contribution in [0.4, 0.5) is 0 Å². The van der Waals surface area contributed by atoms with Crippen LogP contribution in [0.5, 0.6) is 0 Å². The summed E-state index contributed by atoms with van der Waals surface area (Å²) in [6.07, 6.45) is 0. The molecule has 0 saturated heterocycles. The third-order valence-electron chi connectivity index (χ3n) is 3.22. The van der Waals surface area contributed by atoms with Gasteiger partial charge < -0.3 is 5.11 Å². The fraction of sp³-hybridized carbons (Fsp3) is 0.0625. The Hall–Kier alpha value is -2.95. The lowest BCUT2D eigenvalue weighted by Gasteiger charge is -2.08. The average Bonchev–Trinajstić information content (AvgIpc) is 2.48. The van der Waals surface area contributed by atoms with Gasteiger partial charge in [-0.2, -0.15) is 5.10 Å². The lowest BCUT2D eigenvalue weighted by molar-refractivity contribution is -0.138. The minimum atomic E-state index is -1.10. The molecule has 0 aliphatic rings. The minimum absolute atomic E-state index is 0.429. The van der Waals surface area contributed by atoms with Crippen LogP contribution >= 0.6 is 0 Å². The smallest absolute Gasteiger partial charge is 0.325 e. The zero-order valence-corrected chi connectivity index (χ0v) is 11.1. The average molecular weight is 280 g/mol. The highest BCUT2D eigenvalue weighted by atomic mass is 16.4. The number of carbonyl (C=O) groups is 1. The molecule has 0 atom stereocenters. The lowest BCUT2D eigenvalue weighted by atomic mass is 10.0. The van der Waals surface area contributed by atoms with E-state index in [2.05, 4.69) is 5.10 Å². The first-order valence-corrected chi connectivity index (χ1v) is 6.43. The van der Waals surface area contributed by atoms with Gasteiger partial charge in [-0.05, 0) is 16.8 Å². The van der Waals surface area contributed by atoms with Crippen LogP contribution in [-0.4, -0.2) is 20.9 Å². The quantitative estimate of drug-likeness (QED) is 0.798. The van der Waals surface area contributed by atoms with E-state index in [1.165, 1.54) is 6.07 Å². The third kappa shape index (κ3) is 2.53. The number of benzene rings is 2. The highest BCUT2D eigenvalue weighted by Gasteiger charge is 2.08. The molecule has 1 heterocycles. The van der Waals surface area contributed by atoms with Crippen LogP contribution in [0.2, 0.25) is 0 Å². The largest absolute Gasteiger partial charge is 0.480 e. The molecule has 5 nitrogen and oxygen atoms in total. The molecule has 3 aromatic rings. The molecule has 2 aromatic carbocycles. The molecule has 0 spiro atoms. The van der Waals surface area contributed by atoms with Crippen LogP contribution in [0.25, 0.3) is 22.0 Å². The number of carboxylic acid groups (broad SMARTS) is 1. The topological polar surface area (TPSA) is 72.2 Å². The van der Waals surface area contributed by atoms with E-state index in [-0.39, 0.29) is 0 Å². The van der Waals surface area contributed by atoms with Crippen molar-refractivity contribution >= 4 is 16.7 Å². The van der Waals surface area contributed by atoms with E-state index in [9.17, 15) is 9.59 Å². The Kier molecular flexibility index (Phi) is 3.23. The van der Waals surface area contributed by atoms with Gasteiger partial charge in [0.2, 0.25) is 0 Å². The van der Waals surface area contributed by atoms with Gasteiger partial charge in [-0.15, -0.1) is 0 Å². The maximum Gasteiger partial charge on any atom is 0.325 e. The summed E-state index contributed by atoms with van der Waals surface area (Å²) in [6, 6.07) is 16.6. The summed E-state index contributed by atoms with van der Waals surface area (Å²) in [5.74, 6) is -1.10. The number of fused-ring (bicyclic) bond motifs is 1. The summed E-state index contributed by atoms with van der Waals surface area (Å²) < 4.78 is 0.958. The van der Waals surface area contributed by atoms with Crippen molar-refractivity contribution in [1.82, 2.24) is 9.78 Å². The summed E-state index contributed by atoms with van der Waals surface area (Å²) in [5, 5.41) is 15.1. The SMILES string of the molecule is O=C(O)Cn1nc(-c2cccc3ccccc23)ccc1=O. The first-order chi connectivity index (χ1) is 10.1. The standard InChI is InChI=1S/C16H12N2O3/c19-15-9-8-14(17-18(15)10-16(20)21)13-7-3-5-11-4-1-2-6-12(11)13/h1-9H,10H2,(H,20,21). The molecule has 0 aliphatic heterocycles. The summed E-state index contributed by atoms with van der Waals surface area (Å²) in [6.45, 7) is -0.447.